The van der Waals surface area contributed by atoms with Gasteiger partial charge in [0.25, 0.3) is 0 Å². The minimum absolute atomic E-state index is 0.229. The van der Waals surface area contributed by atoms with E-state index in [1.54, 1.807) is 0 Å². The molecule has 5 heteroatoms. The van der Waals surface area contributed by atoms with Gasteiger partial charge in [-0.25, -0.2) is 4.79 Å². The standard InChI is InChI=1S/C16H25N3O2/c1-16(2,3)21-15(20)19-14-10-13(11-14)18-9-7-12-6-4-5-8-17-12/h4-6,8,13-14,18H,7,9-11H2,1-3H3,(H,19,20). The highest BCUT2D eigenvalue weighted by Crippen LogP contribution is 2.20. The first-order chi connectivity index (χ1) is 9.92. The fourth-order valence-corrected chi connectivity index (χ4v) is 2.33. The van der Waals surface area contributed by atoms with Crippen molar-refractivity contribution in [1.29, 1.82) is 0 Å². The Labute approximate surface area is 126 Å². The maximum atomic E-state index is 11.6. The van der Waals surface area contributed by atoms with E-state index in [9.17, 15) is 4.79 Å². The smallest absolute Gasteiger partial charge is 0.407 e. The van der Waals surface area contributed by atoms with Crippen molar-refractivity contribution in [3.05, 3.63) is 30.1 Å². The topological polar surface area (TPSA) is 63.2 Å². The van der Waals surface area contributed by atoms with Crippen LogP contribution in [0.15, 0.2) is 24.4 Å². The predicted octanol–water partition coefficient (Wildman–Crippen LogP) is 2.27. The quantitative estimate of drug-likeness (QED) is 0.873. The van der Waals surface area contributed by atoms with Gasteiger partial charge in [-0.15, -0.1) is 0 Å². The summed E-state index contributed by atoms with van der Waals surface area (Å²) >= 11 is 0. The monoisotopic (exact) mass is 291 g/mol. The average molecular weight is 291 g/mol. The van der Waals surface area contributed by atoms with Crippen molar-refractivity contribution < 1.29 is 9.53 Å². The Kier molecular flexibility index (Phi) is 5.17. The second-order valence-electron chi connectivity index (χ2n) is 6.54. The van der Waals surface area contributed by atoms with Crippen LogP contribution in [0, 0.1) is 0 Å². The van der Waals surface area contributed by atoms with E-state index in [1.165, 1.54) is 0 Å². The van der Waals surface area contributed by atoms with Gasteiger partial charge in [-0.05, 0) is 45.7 Å². The molecule has 1 aromatic heterocycles. The van der Waals surface area contributed by atoms with Gasteiger partial charge >= 0.3 is 6.09 Å². The number of aromatic nitrogens is 1. The zero-order valence-corrected chi connectivity index (χ0v) is 13.1. The third-order valence-electron chi connectivity index (χ3n) is 3.40. The Morgan fingerprint density at radius 1 is 1.33 bits per heavy atom. The second kappa shape index (κ2) is 6.89. The van der Waals surface area contributed by atoms with Gasteiger partial charge in [-0.1, -0.05) is 6.07 Å². The van der Waals surface area contributed by atoms with E-state index < -0.39 is 5.60 Å². The molecule has 1 saturated carbocycles. The first kappa shape index (κ1) is 15.8. The van der Waals surface area contributed by atoms with Crippen molar-refractivity contribution in [2.24, 2.45) is 0 Å². The lowest BCUT2D eigenvalue weighted by molar-refractivity contribution is 0.0465. The van der Waals surface area contributed by atoms with Gasteiger partial charge in [0.15, 0.2) is 0 Å². The van der Waals surface area contributed by atoms with E-state index >= 15 is 0 Å². The van der Waals surface area contributed by atoms with Crippen LogP contribution in [0.1, 0.15) is 39.3 Å². The molecule has 0 unspecified atom stereocenters. The van der Waals surface area contributed by atoms with Crippen LogP contribution in [0.2, 0.25) is 0 Å². The van der Waals surface area contributed by atoms with Crippen molar-refractivity contribution in [3.8, 4) is 0 Å². The molecule has 21 heavy (non-hydrogen) atoms. The Hall–Kier alpha value is -1.62. The summed E-state index contributed by atoms with van der Waals surface area (Å²) in [6.07, 6.45) is 4.35. The summed E-state index contributed by atoms with van der Waals surface area (Å²) in [5, 5.41) is 6.38. The fraction of sp³-hybridized carbons (Fsp3) is 0.625. The van der Waals surface area contributed by atoms with E-state index in [-0.39, 0.29) is 12.1 Å². The average Bonchev–Trinajstić information content (AvgIpc) is 2.34. The number of alkyl carbamates (subject to hydrolysis) is 1. The van der Waals surface area contributed by atoms with E-state index in [1.807, 2.05) is 45.2 Å². The van der Waals surface area contributed by atoms with E-state index in [0.717, 1.165) is 31.5 Å². The third kappa shape index (κ3) is 5.71. The number of nitrogens with one attached hydrogen (secondary N) is 2. The number of ether oxygens (including phenoxy) is 1. The van der Waals surface area contributed by atoms with Crippen molar-refractivity contribution in [2.45, 2.75) is 57.7 Å². The maximum absolute atomic E-state index is 11.6. The molecule has 1 fully saturated rings. The lowest BCUT2D eigenvalue weighted by Gasteiger charge is -2.36. The van der Waals surface area contributed by atoms with E-state index in [4.69, 9.17) is 4.74 Å². The van der Waals surface area contributed by atoms with Gasteiger partial charge in [-0.2, -0.15) is 0 Å². The van der Waals surface area contributed by atoms with Crippen LogP contribution in [-0.4, -0.2) is 35.3 Å². The summed E-state index contributed by atoms with van der Waals surface area (Å²) in [6.45, 7) is 6.53. The zero-order valence-electron chi connectivity index (χ0n) is 13.1. The summed E-state index contributed by atoms with van der Waals surface area (Å²) in [7, 11) is 0. The summed E-state index contributed by atoms with van der Waals surface area (Å²) in [6, 6.07) is 6.68. The Morgan fingerprint density at radius 3 is 2.71 bits per heavy atom. The van der Waals surface area contributed by atoms with Gasteiger partial charge in [0.1, 0.15) is 5.60 Å². The number of pyridine rings is 1. The first-order valence-corrected chi connectivity index (χ1v) is 7.55. The first-order valence-electron chi connectivity index (χ1n) is 7.55. The fourth-order valence-electron chi connectivity index (χ4n) is 2.33. The number of nitrogens with zero attached hydrogens (tertiary/aromatic N) is 1. The van der Waals surface area contributed by atoms with Crippen molar-refractivity contribution in [2.75, 3.05) is 6.54 Å². The predicted molar refractivity (Wildman–Crippen MR) is 82.1 cm³/mol. The molecule has 0 bridgehead atoms. The molecule has 5 nitrogen and oxygen atoms in total. The number of hydrogen-bond acceptors (Lipinski definition) is 4. The molecular formula is C16H25N3O2. The molecule has 0 radical (unpaired) electrons. The van der Waals surface area contributed by atoms with Crippen LogP contribution in [0.25, 0.3) is 0 Å². The Balaban J connectivity index is 1.56. The minimum atomic E-state index is -0.436. The number of rotatable bonds is 5. The van der Waals surface area contributed by atoms with Crippen LogP contribution in [0.4, 0.5) is 4.79 Å². The Bertz CT molecular complexity index is 450. The molecule has 0 aliphatic heterocycles. The molecule has 0 atom stereocenters. The summed E-state index contributed by atoms with van der Waals surface area (Å²) < 4.78 is 5.24. The molecule has 1 aromatic rings. The van der Waals surface area contributed by atoms with Gasteiger partial charge in [-0.3, -0.25) is 4.98 Å². The van der Waals surface area contributed by atoms with Crippen molar-refractivity contribution in [1.82, 2.24) is 15.6 Å². The van der Waals surface area contributed by atoms with Crippen LogP contribution in [-0.2, 0) is 11.2 Å². The normalized spacial score (nSPS) is 21.5. The molecule has 1 heterocycles. The summed E-state index contributed by atoms with van der Waals surface area (Å²) in [5.74, 6) is 0. The number of amides is 1. The van der Waals surface area contributed by atoms with E-state index in [0.29, 0.717) is 6.04 Å². The third-order valence-corrected chi connectivity index (χ3v) is 3.40. The highest BCUT2D eigenvalue weighted by molar-refractivity contribution is 5.68. The molecule has 2 rings (SSSR count). The molecule has 0 saturated heterocycles. The lowest BCUT2D eigenvalue weighted by Crippen LogP contribution is -2.53. The van der Waals surface area contributed by atoms with Crippen molar-refractivity contribution in [3.63, 3.8) is 0 Å². The van der Waals surface area contributed by atoms with Crippen LogP contribution in [0.5, 0.6) is 0 Å². The van der Waals surface area contributed by atoms with Gasteiger partial charge in [0.05, 0.1) is 0 Å². The molecule has 1 aliphatic carbocycles. The van der Waals surface area contributed by atoms with Crippen LogP contribution >= 0.6 is 0 Å². The molecule has 0 aromatic carbocycles. The molecule has 1 amide bonds. The molecule has 116 valence electrons. The number of hydrogen-bond donors (Lipinski definition) is 2. The van der Waals surface area contributed by atoms with Gasteiger partial charge < -0.3 is 15.4 Å². The van der Waals surface area contributed by atoms with E-state index in [2.05, 4.69) is 15.6 Å². The molecule has 0 spiro atoms. The van der Waals surface area contributed by atoms with Crippen molar-refractivity contribution >= 4 is 6.09 Å². The highest BCUT2D eigenvalue weighted by atomic mass is 16.6. The molecule has 2 N–H and O–H groups in total. The van der Waals surface area contributed by atoms with Crippen LogP contribution < -0.4 is 10.6 Å². The molecule has 1 aliphatic rings. The lowest BCUT2D eigenvalue weighted by atomic mass is 9.87. The number of carbonyl (C=O) groups is 1. The zero-order chi connectivity index (χ0) is 15.3. The summed E-state index contributed by atoms with van der Waals surface area (Å²) in [4.78, 5) is 15.9. The van der Waals surface area contributed by atoms with Gasteiger partial charge in [0, 0.05) is 36.9 Å². The Morgan fingerprint density at radius 2 is 2.10 bits per heavy atom. The largest absolute Gasteiger partial charge is 0.444 e. The SMILES string of the molecule is CC(C)(C)OC(=O)NC1CC(NCCc2ccccn2)C1. The maximum Gasteiger partial charge on any atom is 0.407 e. The van der Waals surface area contributed by atoms with Crippen LogP contribution in [0.3, 0.4) is 0 Å². The van der Waals surface area contributed by atoms with Gasteiger partial charge in [0.2, 0.25) is 0 Å². The minimum Gasteiger partial charge on any atom is -0.444 e. The highest BCUT2D eigenvalue weighted by Gasteiger charge is 2.31. The number of carbonyl (C=O) groups excluding carboxylic acids is 1. The summed E-state index contributed by atoms with van der Waals surface area (Å²) in [5.41, 5.74) is 0.668. The molecular weight excluding hydrogens is 266 g/mol. The second-order valence-corrected chi connectivity index (χ2v) is 6.54.